The highest BCUT2D eigenvalue weighted by Crippen LogP contribution is 2.34. The van der Waals surface area contributed by atoms with E-state index in [0.29, 0.717) is 12.4 Å². The Morgan fingerprint density at radius 2 is 1.88 bits per heavy atom. The third kappa shape index (κ3) is 4.15. The third-order valence-electron chi connectivity index (χ3n) is 6.77. The molecule has 0 saturated carbocycles. The molecule has 6 nitrogen and oxygen atoms in total. The van der Waals surface area contributed by atoms with Gasteiger partial charge in [0.05, 0.1) is 23.4 Å². The highest BCUT2D eigenvalue weighted by molar-refractivity contribution is 6.03. The molecule has 1 amide bonds. The lowest BCUT2D eigenvalue weighted by Gasteiger charge is -2.39. The number of morpholine rings is 1. The van der Waals surface area contributed by atoms with Gasteiger partial charge in [0.15, 0.2) is 0 Å². The number of likely N-dealkylation sites (tertiary alicyclic amines) is 1. The molecule has 2 saturated heterocycles. The molecule has 2 aliphatic heterocycles. The Morgan fingerprint density at radius 3 is 2.64 bits per heavy atom. The van der Waals surface area contributed by atoms with Crippen molar-refractivity contribution in [3.05, 3.63) is 53.6 Å². The maximum atomic E-state index is 13.3. The summed E-state index contributed by atoms with van der Waals surface area (Å²) in [5, 5.41) is 1.02. The van der Waals surface area contributed by atoms with Crippen LogP contribution < -0.4 is 10.6 Å². The molecular weight excluding hydrogens is 412 g/mol. The Balaban J connectivity index is 1.58. The van der Waals surface area contributed by atoms with Gasteiger partial charge >= 0.3 is 0 Å². The van der Waals surface area contributed by atoms with Gasteiger partial charge in [0.25, 0.3) is 5.91 Å². The zero-order valence-electron chi connectivity index (χ0n) is 19.7. The second-order valence-electron chi connectivity index (χ2n) is 9.83. The fourth-order valence-electron chi connectivity index (χ4n) is 5.13. The van der Waals surface area contributed by atoms with Crippen molar-refractivity contribution in [3.63, 3.8) is 0 Å². The monoisotopic (exact) mass is 444 g/mol. The predicted molar refractivity (Wildman–Crippen MR) is 134 cm³/mol. The summed E-state index contributed by atoms with van der Waals surface area (Å²) in [6, 6.07) is 14.3. The van der Waals surface area contributed by atoms with Crippen LogP contribution in [0.3, 0.4) is 0 Å². The molecule has 1 aromatic heterocycles. The average molecular weight is 445 g/mol. The second-order valence-corrected chi connectivity index (χ2v) is 9.83. The molecule has 172 valence electrons. The maximum absolute atomic E-state index is 13.3. The van der Waals surface area contributed by atoms with E-state index in [0.717, 1.165) is 77.9 Å². The number of fused-ring (bicyclic) bond motifs is 1. The molecular formula is C27H32N4O2. The van der Waals surface area contributed by atoms with Crippen molar-refractivity contribution in [1.82, 2.24) is 9.88 Å². The normalized spacial score (nSPS) is 18.2. The molecule has 3 aromatic rings. The van der Waals surface area contributed by atoms with Crippen LogP contribution in [-0.2, 0) is 4.74 Å². The number of benzene rings is 2. The first-order valence-electron chi connectivity index (χ1n) is 11.8. The number of aromatic nitrogens is 1. The van der Waals surface area contributed by atoms with Crippen molar-refractivity contribution in [2.24, 2.45) is 0 Å². The lowest BCUT2D eigenvalue weighted by Crippen LogP contribution is -2.48. The highest BCUT2D eigenvalue weighted by Gasteiger charge is 2.29. The highest BCUT2D eigenvalue weighted by atomic mass is 16.5. The number of pyridine rings is 1. The lowest BCUT2D eigenvalue weighted by atomic mass is 9.93. The number of carbonyl (C=O) groups is 1. The Hall–Kier alpha value is -3.12. The van der Waals surface area contributed by atoms with E-state index in [1.54, 1.807) is 0 Å². The standard InChI is InChI=1S/C27H32N4O2/c1-18-7-6-8-21(26(32)30-11-4-5-12-30)24(18)19-9-10-22-20(15-19)16-23(25(28)29-22)31-13-14-33-27(2,3)17-31/h6-10,15-16H,4-5,11-14,17H2,1-3H3,(H2,28,29). The number of nitrogen functional groups attached to an aromatic ring is 1. The van der Waals surface area contributed by atoms with Gasteiger partial charge in [-0.15, -0.1) is 0 Å². The lowest BCUT2D eigenvalue weighted by molar-refractivity contribution is -0.0276. The first-order chi connectivity index (χ1) is 15.8. The van der Waals surface area contributed by atoms with Crippen LogP contribution in [0.2, 0.25) is 0 Å². The van der Waals surface area contributed by atoms with Crippen LogP contribution in [0.15, 0.2) is 42.5 Å². The van der Waals surface area contributed by atoms with E-state index < -0.39 is 0 Å². The number of carbonyl (C=O) groups excluding carboxylic acids is 1. The number of rotatable bonds is 3. The summed E-state index contributed by atoms with van der Waals surface area (Å²) in [5.41, 5.74) is 11.8. The van der Waals surface area contributed by atoms with Gasteiger partial charge in [0.2, 0.25) is 0 Å². The molecule has 3 heterocycles. The van der Waals surface area contributed by atoms with Gasteiger partial charge in [0, 0.05) is 37.1 Å². The molecule has 0 unspecified atom stereocenters. The molecule has 0 spiro atoms. The van der Waals surface area contributed by atoms with Crippen LogP contribution in [0.5, 0.6) is 0 Å². The Morgan fingerprint density at radius 1 is 1.09 bits per heavy atom. The summed E-state index contributed by atoms with van der Waals surface area (Å²) < 4.78 is 5.87. The average Bonchev–Trinajstić information content (AvgIpc) is 3.32. The van der Waals surface area contributed by atoms with Gasteiger partial charge in [-0.05, 0) is 74.6 Å². The third-order valence-corrected chi connectivity index (χ3v) is 6.77. The smallest absolute Gasteiger partial charge is 0.254 e. The number of nitrogens with zero attached hydrogens (tertiary/aromatic N) is 3. The number of aryl methyl sites for hydroxylation is 1. The van der Waals surface area contributed by atoms with Gasteiger partial charge in [-0.3, -0.25) is 4.79 Å². The fraction of sp³-hybridized carbons (Fsp3) is 0.407. The molecule has 33 heavy (non-hydrogen) atoms. The SMILES string of the molecule is Cc1cccc(C(=O)N2CCCC2)c1-c1ccc2nc(N)c(N3CCOC(C)(C)C3)cc2c1. The van der Waals surface area contributed by atoms with Crippen molar-refractivity contribution in [3.8, 4) is 11.1 Å². The van der Waals surface area contributed by atoms with Gasteiger partial charge in [-0.1, -0.05) is 18.2 Å². The number of hydrogen-bond donors (Lipinski definition) is 1. The molecule has 2 N–H and O–H groups in total. The van der Waals surface area contributed by atoms with Crippen LogP contribution in [0.1, 0.15) is 42.6 Å². The Labute approximate surface area is 195 Å². The summed E-state index contributed by atoms with van der Waals surface area (Å²) in [6.07, 6.45) is 2.16. The molecule has 6 heteroatoms. The van der Waals surface area contributed by atoms with Gasteiger partial charge in [-0.25, -0.2) is 4.98 Å². The summed E-state index contributed by atoms with van der Waals surface area (Å²) in [6.45, 7) is 10.2. The largest absolute Gasteiger partial charge is 0.382 e. The minimum absolute atomic E-state index is 0.123. The van der Waals surface area contributed by atoms with E-state index in [4.69, 9.17) is 15.5 Å². The minimum Gasteiger partial charge on any atom is -0.382 e. The topological polar surface area (TPSA) is 71.7 Å². The van der Waals surface area contributed by atoms with E-state index in [-0.39, 0.29) is 11.5 Å². The van der Waals surface area contributed by atoms with E-state index in [9.17, 15) is 4.79 Å². The first kappa shape index (κ1) is 21.7. The number of hydrogen-bond acceptors (Lipinski definition) is 5. The van der Waals surface area contributed by atoms with Crippen molar-refractivity contribution >= 4 is 28.3 Å². The molecule has 0 radical (unpaired) electrons. The molecule has 0 bridgehead atoms. The number of ether oxygens (including phenoxy) is 1. The molecule has 0 aliphatic carbocycles. The summed E-state index contributed by atoms with van der Waals surface area (Å²) in [5.74, 6) is 0.659. The van der Waals surface area contributed by atoms with Crippen LogP contribution in [0.25, 0.3) is 22.0 Å². The van der Waals surface area contributed by atoms with Crippen molar-refractivity contribution in [2.45, 2.75) is 39.2 Å². The van der Waals surface area contributed by atoms with Crippen LogP contribution in [0, 0.1) is 6.92 Å². The predicted octanol–water partition coefficient (Wildman–Crippen LogP) is 4.64. The Bertz CT molecular complexity index is 1210. The molecule has 5 rings (SSSR count). The van der Waals surface area contributed by atoms with Crippen LogP contribution >= 0.6 is 0 Å². The Kier molecular flexibility index (Phi) is 5.49. The zero-order valence-corrected chi connectivity index (χ0v) is 19.7. The summed E-state index contributed by atoms with van der Waals surface area (Å²) in [4.78, 5) is 22.2. The van der Waals surface area contributed by atoms with Gasteiger partial charge in [-0.2, -0.15) is 0 Å². The van der Waals surface area contributed by atoms with Crippen LogP contribution in [-0.4, -0.2) is 54.2 Å². The number of nitrogens with two attached hydrogens (primary N) is 1. The van der Waals surface area contributed by atoms with Crippen molar-refractivity contribution in [1.29, 1.82) is 0 Å². The quantitative estimate of drug-likeness (QED) is 0.637. The zero-order chi connectivity index (χ0) is 23.2. The molecule has 2 aliphatic rings. The summed E-state index contributed by atoms with van der Waals surface area (Å²) in [7, 11) is 0. The number of amides is 1. The molecule has 2 fully saturated rings. The molecule has 0 atom stereocenters. The van der Waals surface area contributed by atoms with Gasteiger partial charge in [0.1, 0.15) is 5.82 Å². The fourth-order valence-corrected chi connectivity index (χ4v) is 5.13. The van der Waals surface area contributed by atoms with Crippen molar-refractivity contribution < 1.29 is 9.53 Å². The summed E-state index contributed by atoms with van der Waals surface area (Å²) >= 11 is 0. The second kappa shape index (κ2) is 8.34. The van der Waals surface area contributed by atoms with Gasteiger partial charge < -0.3 is 20.3 Å². The maximum Gasteiger partial charge on any atom is 0.254 e. The number of anilines is 2. The van der Waals surface area contributed by atoms with E-state index >= 15 is 0 Å². The van der Waals surface area contributed by atoms with Crippen LogP contribution in [0.4, 0.5) is 11.5 Å². The first-order valence-corrected chi connectivity index (χ1v) is 11.8. The van der Waals surface area contributed by atoms with E-state index in [1.807, 2.05) is 23.1 Å². The van der Waals surface area contributed by atoms with E-state index in [2.05, 4.69) is 49.9 Å². The van der Waals surface area contributed by atoms with E-state index in [1.165, 1.54) is 0 Å². The van der Waals surface area contributed by atoms with Crippen molar-refractivity contribution in [2.75, 3.05) is 43.4 Å². The minimum atomic E-state index is -0.229. The molecule has 2 aromatic carbocycles.